The van der Waals surface area contributed by atoms with Crippen LogP contribution in [0.15, 0.2) is 41.7 Å². The van der Waals surface area contributed by atoms with Crippen molar-refractivity contribution in [2.45, 2.75) is 5.03 Å². The van der Waals surface area contributed by atoms with E-state index in [1.807, 2.05) is 25.4 Å². The monoisotopic (exact) mass is 298 g/mol. The fourth-order valence-corrected chi connectivity index (χ4v) is 3.44. The van der Waals surface area contributed by atoms with Crippen LogP contribution in [-0.2, 0) is 23.9 Å². The van der Waals surface area contributed by atoms with Crippen molar-refractivity contribution in [2.75, 3.05) is 6.26 Å². The van der Waals surface area contributed by atoms with Gasteiger partial charge >= 0.3 is 5.03 Å². The van der Waals surface area contributed by atoms with Crippen molar-refractivity contribution in [2.24, 2.45) is 14.1 Å². The second-order valence-electron chi connectivity index (χ2n) is 4.43. The van der Waals surface area contributed by atoms with Crippen molar-refractivity contribution in [3.63, 3.8) is 0 Å². The molecule has 0 fully saturated rings. The first-order chi connectivity index (χ1) is 8.82. The van der Waals surface area contributed by atoms with Gasteiger partial charge in [0.2, 0.25) is 9.84 Å². The van der Waals surface area contributed by atoms with E-state index in [1.165, 1.54) is 6.26 Å². The Morgan fingerprint density at radius 2 is 1.53 bits per heavy atom. The summed E-state index contributed by atoms with van der Waals surface area (Å²) in [4.78, 5) is 0. The molecule has 0 saturated carbocycles. The molecular weight excluding hydrogens is 284 g/mol. The van der Waals surface area contributed by atoms with Gasteiger partial charge in [0.25, 0.3) is 5.15 Å². The number of hydrogen-bond donors (Lipinski definition) is 0. The molecule has 6 heteroatoms. The van der Waals surface area contributed by atoms with E-state index in [0.717, 1.165) is 0 Å². The maximum Gasteiger partial charge on any atom is 0.305 e. The molecule has 100 valence electrons. The Bertz CT molecular complexity index is 742. The van der Waals surface area contributed by atoms with Crippen LogP contribution in [0.3, 0.4) is 0 Å². The second-order valence-corrected chi connectivity index (χ2v) is 6.72. The molecule has 0 spiro atoms. The van der Waals surface area contributed by atoms with E-state index >= 15 is 0 Å². The summed E-state index contributed by atoms with van der Waals surface area (Å²) in [5, 5.41) is 0.752. The minimum absolute atomic E-state index is 0.253. The number of pyridine rings is 2. The Morgan fingerprint density at radius 3 is 2.11 bits per heavy atom. The molecule has 0 atom stereocenters. The fourth-order valence-electron chi connectivity index (χ4n) is 2.06. The normalized spacial score (nSPS) is 11.6. The number of nitrogens with zero attached hydrogens (tertiary/aromatic N) is 2. The number of rotatable bonds is 2. The average molecular weight is 299 g/mol. The third kappa shape index (κ3) is 2.62. The number of hydrogen-bond acceptors (Lipinski definition) is 2. The second kappa shape index (κ2) is 4.90. The van der Waals surface area contributed by atoms with Gasteiger partial charge in [-0.15, -0.1) is 0 Å². The Hall–Kier alpha value is -1.46. The van der Waals surface area contributed by atoms with Crippen LogP contribution in [0.5, 0.6) is 0 Å². The Kier molecular flexibility index (Phi) is 3.60. The van der Waals surface area contributed by atoms with Crippen molar-refractivity contribution in [3.8, 4) is 11.1 Å². The largest absolute Gasteiger partial charge is 0.305 e. The molecule has 0 N–H and O–H groups in total. The average Bonchev–Trinajstić information content (AvgIpc) is 2.30. The van der Waals surface area contributed by atoms with Crippen molar-refractivity contribution < 1.29 is 17.6 Å². The summed E-state index contributed by atoms with van der Waals surface area (Å²) in [6.45, 7) is 0. The van der Waals surface area contributed by atoms with Crippen LogP contribution in [0.2, 0.25) is 5.15 Å². The van der Waals surface area contributed by atoms with E-state index in [-0.39, 0.29) is 5.03 Å². The van der Waals surface area contributed by atoms with Crippen molar-refractivity contribution in [1.82, 2.24) is 0 Å². The summed E-state index contributed by atoms with van der Waals surface area (Å²) in [7, 11) is 0.173. The summed E-state index contributed by atoms with van der Waals surface area (Å²) >= 11 is 6.26. The van der Waals surface area contributed by atoms with Crippen LogP contribution in [0.1, 0.15) is 0 Å². The van der Waals surface area contributed by atoms with Crippen LogP contribution in [0, 0.1) is 0 Å². The quantitative estimate of drug-likeness (QED) is 0.614. The molecule has 2 aromatic rings. The molecule has 2 heterocycles. The summed E-state index contributed by atoms with van der Waals surface area (Å²) in [6, 6.07) is 7.21. The molecule has 2 rings (SSSR count). The van der Waals surface area contributed by atoms with Gasteiger partial charge in [-0.2, -0.15) is 9.13 Å². The highest BCUT2D eigenvalue weighted by Gasteiger charge is 2.28. The topological polar surface area (TPSA) is 41.9 Å². The van der Waals surface area contributed by atoms with Gasteiger partial charge in [0, 0.05) is 18.4 Å². The molecule has 0 saturated heterocycles. The third-order valence-electron chi connectivity index (χ3n) is 2.87. The van der Waals surface area contributed by atoms with E-state index in [1.54, 1.807) is 34.5 Å². The molecule has 19 heavy (non-hydrogen) atoms. The lowest BCUT2D eigenvalue weighted by molar-refractivity contribution is -0.709. The zero-order chi connectivity index (χ0) is 14.2. The van der Waals surface area contributed by atoms with E-state index in [0.29, 0.717) is 16.3 Å². The summed E-state index contributed by atoms with van der Waals surface area (Å²) < 4.78 is 27.3. The molecule has 0 amide bonds. The highest BCUT2D eigenvalue weighted by atomic mass is 35.5. The number of aryl methyl sites for hydroxylation is 2. The van der Waals surface area contributed by atoms with Crippen LogP contribution in [-0.4, -0.2) is 14.7 Å². The van der Waals surface area contributed by atoms with Crippen LogP contribution in [0.25, 0.3) is 11.1 Å². The van der Waals surface area contributed by atoms with E-state index in [9.17, 15) is 8.42 Å². The lowest BCUT2D eigenvalue weighted by Crippen LogP contribution is -2.36. The van der Waals surface area contributed by atoms with Gasteiger partial charge in [0.1, 0.15) is 14.1 Å². The van der Waals surface area contributed by atoms with Crippen LogP contribution in [0.4, 0.5) is 0 Å². The summed E-state index contributed by atoms with van der Waals surface area (Å²) in [5.74, 6) is 0. The predicted molar refractivity (Wildman–Crippen MR) is 72.3 cm³/mol. The zero-order valence-corrected chi connectivity index (χ0v) is 12.5. The molecule has 0 aliphatic heterocycles. The molecule has 0 radical (unpaired) electrons. The van der Waals surface area contributed by atoms with Gasteiger partial charge in [-0.1, -0.05) is 0 Å². The Balaban J connectivity index is 2.84. The highest BCUT2D eigenvalue weighted by molar-refractivity contribution is 7.90. The van der Waals surface area contributed by atoms with Crippen molar-refractivity contribution >= 4 is 21.4 Å². The zero-order valence-electron chi connectivity index (χ0n) is 11.0. The van der Waals surface area contributed by atoms with E-state index in [4.69, 9.17) is 11.6 Å². The van der Waals surface area contributed by atoms with Gasteiger partial charge in [-0.3, -0.25) is 0 Å². The van der Waals surface area contributed by atoms with Gasteiger partial charge < -0.3 is 0 Å². The SMILES string of the molecule is C[n+]1cccc(-c2ccc[n+](C)c2S(C)(=O)=O)c1Cl. The van der Waals surface area contributed by atoms with Gasteiger partial charge in [0.05, 0.1) is 11.1 Å². The number of sulfone groups is 1. The van der Waals surface area contributed by atoms with E-state index < -0.39 is 9.84 Å². The number of halogens is 1. The first-order valence-electron chi connectivity index (χ1n) is 5.65. The maximum atomic E-state index is 12.0. The number of aromatic nitrogens is 2. The lowest BCUT2D eigenvalue weighted by atomic mass is 10.1. The first kappa shape index (κ1) is 14.0. The van der Waals surface area contributed by atoms with Crippen LogP contribution < -0.4 is 9.13 Å². The molecule has 2 aromatic heterocycles. The molecule has 0 bridgehead atoms. The third-order valence-corrected chi connectivity index (χ3v) is 4.55. The molecule has 0 aliphatic rings. The molecule has 0 aromatic carbocycles. The maximum absolute atomic E-state index is 12.0. The van der Waals surface area contributed by atoms with Crippen LogP contribution >= 0.6 is 11.6 Å². The van der Waals surface area contributed by atoms with E-state index in [2.05, 4.69) is 0 Å². The minimum atomic E-state index is -3.35. The Morgan fingerprint density at radius 1 is 1.00 bits per heavy atom. The predicted octanol–water partition coefficient (Wildman–Crippen LogP) is 1.06. The molecule has 4 nitrogen and oxygen atoms in total. The molecular formula is C13H15ClN2O2S+2. The molecule has 0 unspecified atom stereocenters. The van der Waals surface area contributed by atoms with Crippen molar-refractivity contribution in [1.29, 1.82) is 0 Å². The standard InChI is InChI=1S/C13H15ClN2O2S/c1-15-8-4-6-10(12(15)14)11-7-5-9-16(2)13(11)19(3,17)18/h4-9H,1-3H3/q+2. The van der Waals surface area contributed by atoms with Gasteiger partial charge in [-0.05, 0) is 23.7 Å². The van der Waals surface area contributed by atoms with Gasteiger partial charge in [0.15, 0.2) is 12.4 Å². The Labute approximate surface area is 117 Å². The molecule has 0 aliphatic carbocycles. The van der Waals surface area contributed by atoms with Crippen molar-refractivity contribution in [3.05, 3.63) is 41.8 Å². The van der Waals surface area contributed by atoms with Gasteiger partial charge in [-0.25, -0.2) is 8.42 Å². The smallest absolute Gasteiger partial charge is 0.218 e. The fraction of sp³-hybridized carbons (Fsp3) is 0.231. The summed E-state index contributed by atoms with van der Waals surface area (Å²) in [5.41, 5.74) is 1.30. The first-order valence-corrected chi connectivity index (χ1v) is 7.92. The highest BCUT2D eigenvalue weighted by Crippen LogP contribution is 2.28. The minimum Gasteiger partial charge on any atom is -0.218 e. The lowest BCUT2D eigenvalue weighted by Gasteiger charge is -2.06. The summed E-state index contributed by atoms with van der Waals surface area (Å²) in [6.07, 6.45) is 4.72.